The second kappa shape index (κ2) is 7.55. The lowest BCUT2D eigenvalue weighted by Crippen LogP contribution is -2.14. The van der Waals surface area contributed by atoms with Crippen molar-refractivity contribution in [2.45, 2.75) is 10.6 Å². The van der Waals surface area contributed by atoms with Crippen LogP contribution in [0.2, 0.25) is 0 Å². The minimum Gasteiger partial charge on any atom is -0.325 e. The molecular formula is C17H16N2O3S3. The van der Waals surface area contributed by atoms with Crippen LogP contribution in [-0.4, -0.2) is 31.3 Å². The molecule has 0 aliphatic heterocycles. The van der Waals surface area contributed by atoms with Gasteiger partial charge in [-0.3, -0.25) is 4.79 Å². The van der Waals surface area contributed by atoms with Crippen LogP contribution in [0, 0.1) is 0 Å². The van der Waals surface area contributed by atoms with E-state index < -0.39 is 9.84 Å². The maximum Gasteiger partial charge on any atom is 0.234 e. The monoisotopic (exact) mass is 392 g/mol. The number of hydrogen-bond donors (Lipinski definition) is 1. The molecule has 0 atom stereocenters. The molecule has 1 N–H and O–H groups in total. The highest BCUT2D eigenvalue weighted by Gasteiger charge is 2.09. The van der Waals surface area contributed by atoms with E-state index >= 15 is 0 Å². The fourth-order valence-electron chi connectivity index (χ4n) is 2.20. The molecule has 1 amide bonds. The Morgan fingerprint density at radius 3 is 2.56 bits per heavy atom. The van der Waals surface area contributed by atoms with Crippen molar-refractivity contribution in [1.29, 1.82) is 0 Å². The maximum atomic E-state index is 12.0. The van der Waals surface area contributed by atoms with Gasteiger partial charge in [0.25, 0.3) is 0 Å². The molecule has 0 aliphatic rings. The Hall–Kier alpha value is -1.90. The van der Waals surface area contributed by atoms with Crippen molar-refractivity contribution >= 4 is 54.7 Å². The number of nitrogens with zero attached hydrogens (tertiary/aromatic N) is 1. The SMILES string of the molecule is CS(=O)(=O)c1ccc(NC(=O)CSCc2nc3ccccc3s2)cc1. The lowest BCUT2D eigenvalue weighted by atomic mass is 10.3. The third kappa shape index (κ3) is 4.81. The standard InChI is InChI=1S/C17H16N2O3S3/c1-25(21,22)13-8-6-12(7-9-13)18-16(20)10-23-11-17-19-14-4-2-3-5-15(14)24-17/h2-9H,10-11H2,1H3,(H,18,20). The Kier molecular flexibility index (Phi) is 5.41. The first kappa shape index (κ1) is 17.9. The number of benzene rings is 2. The van der Waals surface area contributed by atoms with Crippen molar-refractivity contribution in [2.75, 3.05) is 17.3 Å². The number of para-hydroxylation sites is 1. The van der Waals surface area contributed by atoms with Crippen molar-refractivity contribution in [1.82, 2.24) is 4.98 Å². The van der Waals surface area contributed by atoms with Crippen molar-refractivity contribution in [3.8, 4) is 0 Å². The molecule has 0 spiro atoms. The Bertz CT molecular complexity index is 962. The fraction of sp³-hybridized carbons (Fsp3) is 0.176. The smallest absolute Gasteiger partial charge is 0.234 e. The van der Waals surface area contributed by atoms with Crippen molar-refractivity contribution < 1.29 is 13.2 Å². The van der Waals surface area contributed by atoms with Crippen LogP contribution in [0.25, 0.3) is 10.2 Å². The van der Waals surface area contributed by atoms with Gasteiger partial charge in [0, 0.05) is 17.7 Å². The lowest BCUT2D eigenvalue weighted by molar-refractivity contribution is -0.113. The van der Waals surface area contributed by atoms with Crippen molar-refractivity contribution in [3.05, 3.63) is 53.5 Å². The number of sulfone groups is 1. The number of thiazole rings is 1. The summed E-state index contributed by atoms with van der Waals surface area (Å²) in [5.41, 5.74) is 1.57. The molecule has 0 saturated carbocycles. The number of fused-ring (bicyclic) bond motifs is 1. The van der Waals surface area contributed by atoms with Gasteiger partial charge >= 0.3 is 0 Å². The average Bonchev–Trinajstić information content (AvgIpc) is 2.97. The highest BCUT2D eigenvalue weighted by molar-refractivity contribution is 7.99. The van der Waals surface area contributed by atoms with Crippen LogP contribution in [0.3, 0.4) is 0 Å². The molecule has 25 heavy (non-hydrogen) atoms. The summed E-state index contributed by atoms with van der Waals surface area (Å²) in [7, 11) is -3.23. The number of hydrogen-bond acceptors (Lipinski definition) is 6. The van der Waals surface area contributed by atoms with Gasteiger partial charge in [0.1, 0.15) is 5.01 Å². The number of carbonyl (C=O) groups excluding carboxylic acids is 1. The Labute approximate surface area is 154 Å². The number of rotatable bonds is 6. The Morgan fingerprint density at radius 2 is 1.88 bits per heavy atom. The van der Waals surface area contributed by atoms with Gasteiger partial charge in [0.05, 0.1) is 20.9 Å². The third-order valence-corrected chi connectivity index (χ3v) is 6.65. The molecule has 5 nitrogen and oxygen atoms in total. The minimum absolute atomic E-state index is 0.127. The second-order valence-corrected chi connectivity index (χ2v) is 9.53. The van der Waals surface area contributed by atoms with E-state index in [0.29, 0.717) is 17.2 Å². The first-order valence-corrected chi connectivity index (χ1v) is 11.3. The molecule has 3 aromatic rings. The molecule has 0 radical (unpaired) electrons. The van der Waals surface area contributed by atoms with Crippen LogP contribution in [0.4, 0.5) is 5.69 Å². The van der Waals surface area contributed by atoms with Crippen LogP contribution in [-0.2, 0) is 20.4 Å². The maximum absolute atomic E-state index is 12.0. The number of anilines is 1. The first-order chi connectivity index (χ1) is 11.9. The molecule has 2 aromatic carbocycles. The number of carbonyl (C=O) groups is 1. The molecule has 8 heteroatoms. The largest absolute Gasteiger partial charge is 0.325 e. The highest BCUT2D eigenvalue weighted by Crippen LogP contribution is 2.24. The van der Waals surface area contributed by atoms with E-state index in [2.05, 4.69) is 10.3 Å². The topological polar surface area (TPSA) is 76.1 Å². The third-order valence-electron chi connectivity index (χ3n) is 3.36. The quantitative estimate of drug-likeness (QED) is 0.694. The molecule has 1 aromatic heterocycles. The number of thioether (sulfide) groups is 1. The second-order valence-electron chi connectivity index (χ2n) is 5.41. The zero-order chi connectivity index (χ0) is 17.9. The normalized spacial score (nSPS) is 11.6. The highest BCUT2D eigenvalue weighted by atomic mass is 32.2. The van der Waals surface area contributed by atoms with Crippen LogP contribution in [0.1, 0.15) is 5.01 Å². The molecule has 0 saturated heterocycles. The summed E-state index contributed by atoms with van der Waals surface area (Å²) in [4.78, 5) is 16.8. The Balaban J connectivity index is 1.51. The average molecular weight is 393 g/mol. The van der Waals surface area contributed by atoms with Gasteiger partial charge < -0.3 is 5.32 Å². The fourth-order valence-corrected chi connectivity index (χ4v) is 4.67. The zero-order valence-corrected chi connectivity index (χ0v) is 15.9. The molecule has 3 rings (SSSR count). The van der Waals surface area contributed by atoms with Gasteiger partial charge in [-0.25, -0.2) is 13.4 Å². The first-order valence-electron chi connectivity index (χ1n) is 7.44. The summed E-state index contributed by atoms with van der Waals surface area (Å²) < 4.78 is 24.0. The van der Waals surface area contributed by atoms with E-state index in [4.69, 9.17) is 0 Å². The van der Waals surface area contributed by atoms with E-state index in [1.54, 1.807) is 23.5 Å². The molecule has 0 aliphatic carbocycles. The summed E-state index contributed by atoms with van der Waals surface area (Å²) >= 11 is 3.13. The van der Waals surface area contributed by atoms with Gasteiger partial charge in [-0.15, -0.1) is 23.1 Å². The number of amides is 1. The molecule has 130 valence electrons. The van der Waals surface area contributed by atoms with Crippen LogP contribution in [0.15, 0.2) is 53.4 Å². The van der Waals surface area contributed by atoms with E-state index in [9.17, 15) is 13.2 Å². The summed E-state index contributed by atoms with van der Waals surface area (Å²) in [5.74, 6) is 0.863. The predicted molar refractivity (Wildman–Crippen MR) is 104 cm³/mol. The summed E-state index contributed by atoms with van der Waals surface area (Å²) in [5, 5.41) is 3.76. The van der Waals surface area contributed by atoms with E-state index in [1.807, 2.05) is 24.3 Å². The summed E-state index contributed by atoms with van der Waals surface area (Å²) in [6.07, 6.45) is 1.15. The van der Waals surface area contributed by atoms with Crippen LogP contribution < -0.4 is 5.32 Å². The van der Waals surface area contributed by atoms with Crippen molar-refractivity contribution in [3.63, 3.8) is 0 Å². The van der Waals surface area contributed by atoms with Gasteiger partial charge in [0.15, 0.2) is 9.84 Å². The number of aromatic nitrogens is 1. The predicted octanol–water partition coefficient (Wildman–Crippen LogP) is 3.57. The van der Waals surface area contributed by atoms with Crippen LogP contribution in [0.5, 0.6) is 0 Å². The van der Waals surface area contributed by atoms with E-state index in [0.717, 1.165) is 21.5 Å². The van der Waals surface area contributed by atoms with Crippen LogP contribution >= 0.6 is 23.1 Å². The molecular weight excluding hydrogens is 376 g/mol. The molecule has 1 heterocycles. The molecule has 0 fully saturated rings. The van der Waals surface area contributed by atoms with E-state index in [-0.39, 0.29) is 10.8 Å². The van der Waals surface area contributed by atoms with Crippen molar-refractivity contribution in [2.24, 2.45) is 0 Å². The number of nitrogens with one attached hydrogen (secondary N) is 1. The summed E-state index contributed by atoms with van der Waals surface area (Å²) in [6, 6.07) is 14.1. The van der Waals surface area contributed by atoms with Gasteiger partial charge in [-0.2, -0.15) is 0 Å². The van der Waals surface area contributed by atoms with Gasteiger partial charge in [0.2, 0.25) is 5.91 Å². The summed E-state index contributed by atoms with van der Waals surface area (Å²) in [6.45, 7) is 0. The minimum atomic E-state index is -3.23. The Morgan fingerprint density at radius 1 is 1.16 bits per heavy atom. The zero-order valence-electron chi connectivity index (χ0n) is 13.4. The van der Waals surface area contributed by atoms with Gasteiger partial charge in [-0.05, 0) is 36.4 Å². The lowest BCUT2D eigenvalue weighted by Gasteiger charge is -2.05. The van der Waals surface area contributed by atoms with E-state index in [1.165, 1.54) is 23.9 Å². The molecule has 0 unspecified atom stereocenters. The molecule has 0 bridgehead atoms. The van der Waals surface area contributed by atoms with Gasteiger partial charge in [-0.1, -0.05) is 12.1 Å².